The standard InChI is InChI=1S/C44H38Si/c1-5-29-25-37-17-11-19-39(35-23-21-31-13-7-9-15-33(31)27-35)41(37)43(29)45(3,4)44-30(6-2)26-38-18-12-20-40(42(38)44)36-24-22-32-14-8-10-16-34(32)28-36/h7-28H,5-6H2,1-4H3. The Hall–Kier alpha value is -4.46. The SMILES string of the molecule is CCC1=C([Si](C)(C)C2=C(CC)[CH]c3cccc(-c4ccc5ccccc5c4)c32)c2c(cccc2-c2ccc3ccccc3c2)[CH]1. The fourth-order valence-corrected chi connectivity index (χ4v) is 12.2. The molecule has 0 amide bonds. The fraction of sp³-hybridized carbons (Fsp3) is 0.136. The molecular formula is C44H38Si. The molecule has 0 saturated carbocycles. The van der Waals surface area contributed by atoms with E-state index in [1.165, 1.54) is 77.2 Å². The highest BCUT2D eigenvalue weighted by atomic mass is 28.3. The van der Waals surface area contributed by atoms with E-state index in [4.69, 9.17) is 0 Å². The summed E-state index contributed by atoms with van der Waals surface area (Å²) in [6.07, 6.45) is 7.06. The van der Waals surface area contributed by atoms with Gasteiger partial charge in [-0.3, -0.25) is 0 Å². The monoisotopic (exact) mass is 594 g/mol. The van der Waals surface area contributed by atoms with Crippen LogP contribution in [0.2, 0.25) is 13.1 Å². The van der Waals surface area contributed by atoms with Crippen molar-refractivity contribution >= 4 is 40.0 Å². The van der Waals surface area contributed by atoms with Gasteiger partial charge in [-0.1, -0.05) is 147 Å². The topological polar surface area (TPSA) is 0 Å². The Kier molecular flexibility index (Phi) is 6.77. The van der Waals surface area contributed by atoms with Crippen LogP contribution in [0.4, 0.5) is 0 Å². The lowest BCUT2D eigenvalue weighted by molar-refractivity contribution is 1.13. The molecule has 0 spiro atoms. The summed E-state index contributed by atoms with van der Waals surface area (Å²) in [5.41, 5.74) is 14.0. The maximum absolute atomic E-state index is 2.61. The van der Waals surface area contributed by atoms with E-state index in [0.717, 1.165) is 12.8 Å². The van der Waals surface area contributed by atoms with Crippen molar-refractivity contribution in [2.75, 3.05) is 0 Å². The van der Waals surface area contributed by atoms with Gasteiger partial charge >= 0.3 is 0 Å². The number of fused-ring (bicyclic) bond motifs is 4. The smallest absolute Gasteiger partial charge is 0.0617 e. The molecular weight excluding hydrogens is 557 g/mol. The lowest BCUT2D eigenvalue weighted by Gasteiger charge is -2.32. The number of benzene rings is 6. The van der Waals surface area contributed by atoms with Crippen LogP contribution in [-0.2, 0) is 0 Å². The van der Waals surface area contributed by atoms with E-state index in [1.54, 1.807) is 10.4 Å². The minimum absolute atomic E-state index is 1.04. The molecule has 1 heteroatoms. The zero-order valence-corrected chi connectivity index (χ0v) is 27.6. The van der Waals surface area contributed by atoms with Gasteiger partial charge in [0.15, 0.2) is 0 Å². The van der Waals surface area contributed by atoms with Crippen LogP contribution in [0.3, 0.4) is 0 Å². The molecule has 6 aromatic rings. The van der Waals surface area contributed by atoms with Gasteiger partial charge in [-0.15, -0.1) is 0 Å². The van der Waals surface area contributed by atoms with E-state index in [9.17, 15) is 0 Å². The van der Waals surface area contributed by atoms with E-state index >= 15 is 0 Å². The van der Waals surface area contributed by atoms with Crippen LogP contribution in [0.25, 0.3) is 54.2 Å². The summed E-state index contributed by atoms with van der Waals surface area (Å²) in [7, 11) is -2.25. The Morgan fingerprint density at radius 2 is 0.867 bits per heavy atom. The fourth-order valence-electron chi connectivity index (χ4n) is 8.09. The number of hydrogen-bond donors (Lipinski definition) is 0. The molecule has 0 nitrogen and oxygen atoms in total. The molecule has 8 rings (SSSR count). The normalized spacial score (nSPS) is 14.5. The maximum atomic E-state index is 2.61. The molecule has 218 valence electrons. The Morgan fingerprint density at radius 1 is 0.444 bits per heavy atom. The molecule has 0 aromatic heterocycles. The van der Waals surface area contributed by atoms with E-state index in [-0.39, 0.29) is 0 Å². The largest absolute Gasteiger partial charge is 0.113 e. The van der Waals surface area contributed by atoms with Crippen LogP contribution >= 0.6 is 0 Å². The molecule has 0 unspecified atom stereocenters. The molecule has 0 saturated heterocycles. The first-order chi connectivity index (χ1) is 22.0. The minimum atomic E-state index is -2.25. The highest BCUT2D eigenvalue weighted by Gasteiger charge is 2.43. The molecule has 0 aliphatic heterocycles. The first-order valence-electron chi connectivity index (χ1n) is 16.4. The Bertz CT molecular complexity index is 2050. The molecule has 2 aliphatic carbocycles. The first kappa shape index (κ1) is 28.0. The van der Waals surface area contributed by atoms with E-state index in [2.05, 4.69) is 161 Å². The highest BCUT2D eigenvalue weighted by Crippen LogP contribution is 2.54. The van der Waals surface area contributed by atoms with Gasteiger partial charge in [-0.25, -0.2) is 0 Å². The number of rotatable bonds is 6. The lowest BCUT2D eigenvalue weighted by atomic mass is 9.95. The molecule has 0 N–H and O–H groups in total. The minimum Gasteiger partial charge on any atom is -0.0617 e. The zero-order chi connectivity index (χ0) is 30.7. The second-order valence-corrected chi connectivity index (χ2v) is 17.3. The average Bonchev–Trinajstić information content (AvgIpc) is 3.67. The van der Waals surface area contributed by atoms with Crippen molar-refractivity contribution in [2.24, 2.45) is 0 Å². The summed E-state index contributed by atoms with van der Waals surface area (Å²) in [5, 5.41) is 8.39. The molecule has 0 fully saturated rings. The summed E-state index contributed by atoms with van der Waals surface area (Å²) < 4.78 is 0. The molecule has 0 atom stereocenters. The Morgan fingerprint density at radius 3 is 1.29 bits per heavy atom. The van der Waals surface area contributed by atoms with Gasteiger partial charge in [-0.2, -0.15) is 0 Å². The van der Waals surface area contributed by atoms with Crippen molar-refractivity contribution in [3.05, 3.63) is 168 Å². The van der Waals surface area contributed by atoms with E-state index < -0.39 is 8.07 Å². The summed E-state index contributed by atoms with van der Waals surface area (Å²) in [6.45, 7) is 9.90. The summed E-state index contributed by atoms with van der Waals surface area (Å²) in [6, 6.07) is 45.3. The number of allylic oxidation sites excluding steroid dienone is 2. The van der Waals surface area contributed by atoms with Gasteiger partial charge in [0.2, 0.25) is 0 Å². The van der Waals surface area contributed by atoms with Crippen molar-refractivity contribution < 1.29 is 0 Å². The zero-order valence-electron chi connectivity index (χ0n) is 26.6. The number of hydrogen-bond acceptors (Lipinski definition) is 0. The van der Waals surface area contributed by atoms with Crippen molar-refractivity contribution in [3.8, 4) is 22.3 Å². The molecule has 6 aromatic carbocycles. The van der Waals surface area contributed by atoms with Crippen LogP contribution in [0.1, 0.15) is 48.9 Å². The third-order valence-electron chi connectivity index (χ3n) is 10.1. The van der Waals surface area contributed by atoms with Crippen LogP contribution in [-0.4, -0.2) is 8.07 Å². The summed E-state index contributed by atoms with van der Waals surface area (Å²) >= 11 is 0. The third kappa shape index (κ3) is 4.48. The van der Waals surface area contributed by atoms with Gasteiger partial charge in [0.25, 0.3) is 0 Å². The quantitative estimate of drug-likeness (QED) is 0.168. The van der Waals surface area contributed by atoms with Crippen molar-refractivity contribution in [2.45, 2.75) is 39.8 Å². The van der Waals surface area contributed by atoms with Crippen LogP contribution in [0.15, 0.2) is 132 Å². The maximum Gasteiger partial charge on any atom is 0.113 e. The second kappa shape index (κ2) is 10.9. The average molecular weight is 595 g/mol. The highest BCUT2D eigenvalue weighted by molar-refractivity contribution is 7.09. The van der Waals surface area contributed by atoms with Crippen LogP contribution in [0.5, 0.6) is 0 Å². The van der Waals surface area contributed by atoms with E-state index in [1.807, 2.05) is 0 Å². The third-order valence-corrected chi connectivity index (χ3v) is 13.8. The second-order valence-electron chi connectivity index (χ2n) is 13.1. The van der Waals surface area contributed by atoms with Crippen molar-refractivity contribution in [1.29, 1.82) is 0 Å². The lowest BCUT2D eigenvalue weighted by Crippen LogP contribution is -2.32. The Labute approximate surface area is 268 Å². The van der Waals surface area contributed by atoms with Gasteiger partial charge in [-0.05, 0) is 101 Å². The summed E-state index contributed by atoms with van der Waals surface area (Å²) in [5.74, 6) is 0. The predicted molar refractivity (Wildman–Crippen MR) is 197 cm³/mol. The van der Waals surface area contributed by atoms with Crippen LogP contribution < -0.4 is 0 Å². The van der Waals surface area contributed by atoms with E-state index in [0.29, 0.717) is 0 Å². The molecule has 2 radical (unpaired) electrons. The first-order valence-corrected chi connectivity index (χ1v) is 19.4. The van der Waals surface area contributed by atoms with Gasteiger partial charge in [0.1, 0.15) is 8.07 Å². The van der Waals surface area contributed by atoms with Crippen LogP contribution in [0, 0.1) is 12.8 Å². The van der Waals surface area contributed by atoms with Crippen molar-refractivity contribution in [3.63, 3.8) is 0 Å². The van der Waals surface area contributed by atoms with Gasteiger partial charge in [0.05, 0.1) is 0 Å². The Balaban J connectivity index is 1.33. The van der Waals surface area contributed by atoms with Crippen molar-refractivity contribution in [1.82, 2.24) is 0 Å². The molecule has 45 heavy (non-hydrogen) atoms. The molecule has 2 aliphatic rings. The van der Waals surface area contributed by atoms with Gasteiger partial charge < -0.3 is 0 Å². The van der Waals surface area contributed by atoms with Gasteiger partial charge in [0, 0.05) is 12.8 Å². The predicted octanol–water partition coefficient (Wildman–Crippen LogP) is 12.3. The summed E-state index contributed by atoms with van der Waals surface area (Å²) in [4.78, 5) is 0. The molecule has 0 heterocycles. The molecule has 0 bridgehead atoms.